The number of ether oxygens (including phenoxy) is 1. The molecule has 0 aliphatic heterocycles. The van der Waals surface area contributed by atoms with Crippen molar-refractivity contribution in [2.75, 3.05) is 7.11 Å². The van der Waals surface area contributed by atoms with Gasteiger partial charge in [0.05, 0.1) is 12.0 Å². The van der Waals surface area contributed by atoms with E-state index in [4.69, 9.17) is 9.84 Å². The normalized spacial score (nSPS) is 17.0. The van der Waals surface area contributed by atoms with E-state index in [2.05, 4.69) is 4.72 Å². The van der Waals surface area contributed by atoms with E-state index in [1.165, 1.54) is 19.2 Å². The summed E-state index contributed by atoms with van der Waals surface area (Å²) in [5.41, 5.74) is -0.170. The molecular weight excluding hydrogens is 294 g/mol. The predicted octanol–water partition coefficient (Wildman–Crippen LogP) is 1.86. The van der Waals surface area contributed by atoms with Crippen molar-refractivity contribution in [3.8, 4) is 5.75 Å². The number of nitrogens with one attached hydrogen (secondary N) is 1. The van der Waals surface area contributed by atoms with Gasteiger partial charge in [0.25, 0.3) is 0 Å². The lowest BCUT2D eigenvalue weighted by molar-refractivity contribution is 0.0693. The Balaban J connectivity index is 2.27. The molecular formula is C14H19NO5S. The minimum Gasteiger partial charge on any atom is -0.496 e. The van der Waals surface area contributed by atoms with Crippen LogP contribution in [0.4, 0.5) is 0 Å². The van der Waals surface area contributed by atoms with Gasteiger partial charge in [0.1, 0.15) is 11.3 Å². The zero-order chi connectivity index (χ0) is 15.6. The molecule has 21 heavy (non-hydrogen) atoms. The molecule has 1 fully saturated rings. The SMILES string of the molecule is COc1ccc(S(=O)(=O)NC(C)C2CCC2)cc1C(=O)O. The van der Waals surface area contributed by atoms with Crippen LogP contribution in [0.3, 0.4) is 0 Å². The zero-order valence-corrected chi connectivity index (χ0v) is 12.8. The number of carbonyl (C=O) groups is 1. The zero-order valence-electron chi connectivity index (χ0n) is 12.0. The van der Waals surface area contributed by atoms with E-state index in [1.54, 1.807) is 0 Å². The van der Waals surface area contributed by atoms with Gasteiger partial charge in [-0.15, -0.1) is 0 Å². The molecule has 1 aliphatic carbocycles. The molecule has 0 bridgehead atoms. The molecule has 1 atom stereocenters. The van der Waals surface area contributed by atoms with E-state index in [0.29, 0.717) is 5.92 Å². The standard InChI is InChI=1S/C14H19NO5S/c1-9(10-4-3-5-10)15-21(18,19)11-6-7-13(20-2)12(8-11)14(16)17/h6-10,15H,3-5H2,1-2H3,(H,16,17). The van der Waals surface area contributed by atoms with Crippen molar-refractivity contribution in [1.82, 2.24) is 4.72 Å². The highest BCUT2D eigenvalue weighted by Crippen LogP contribution is 2.30. The van der Waals surface area contributed by atoms with Gasteiger partial charge in [-0.2, -0.15) is 0 Å². The van der Waals surface area contributed by atoms with Crippen LogP contribution in [0.2, 0.25) is 0 Å². The maximum atomic E-state index is 12.3. The van der Waals surface area contributed by atoms with Gasteiger partial charge in [-0.25, -0.2) is 17.9 Å². The van der Waals surface area contributed by atoms with Crippen molar-refractivity contribution in [2.24, 2.45) is 5.92 Å². The van der Waals surface area contributed by atoms with Crippen LogP contribution in [0.1, 0.15) is 36.5 Å². The van der Waals surface area contributed by atoms with Crippen molar-refractivity contribution < 1.29 is 23.1 Å². The molecule has 1 unspecified atom stereocenters. The molecule has 1 aromatic rings. The molecule has 2 N–H and O–H groups in total. The molecule has 2 rings (SSSR count). The lowest BCUT2D eigenvalue weighted by atomic mass is 9.81. The van der Waals surface area contributed by atoms with E-state index in [1.807, 2.05) is 6.92 Å². The largest absolute Gasteiger partial charge is 0.496 e. The summed E-state index contributed by atoms with van der Waals surface area (Å²) in [7, 11) is -2.39. The van der Waals surface area contributed by atoms with Crippen molar-refractivity contribution >= 4 is 16.0 Å². The van der Waals surface area contributed by atoms with Crippen LogP contribution < -0.4 is 9.46 Å². The fourth-order valence-electron chi connectivity index (χ4n) is 2.37. The van der Waals surface area contributed by atoms with Crippen molar-refractivity contribution in [2.45, 2.75) is 37.1 Å². The number of carboxylic acid groups (broad SMARTS) is 1. The first-order chi connectivity index (χ1) is 9.85. The summed E-state index contributed by atoms with van der Waals surface area (Å²) in [6.07, 6.45) is 3.17. The van der Waals surface area contributed by atoms with Gasteiger partial charge in [0.2, 0.25) is 10.0 Å². The van der Waals surface area contributed by atoms with Gasteiger partial charge in [-0.1, -0.05) is 6.42 Å². The Kier molecular flexibility index (Phi) is 4.53. The number of hydrogen-bond donors (Lipinski definition) is 2. The summed E-state index contributed by atoms with van der Waals surface area (Å²) in [4.78, 5) is 11.1. The maximum Gasteiger partial charge on any atom is 0.339 e. The lowest BCUT2D eigenvalue weighted by Gasteiger charge is -2.31. The Morgan fingerprint density at radius 3 is 2.57 bits per heavy atom. The highest BCUT2D eigenvalue weighted by Gasteiger charge is 2.28. The van der Waals surface area contributed by atoms with Gasteiger partial charge in [-0.05, 0) is 43.9 Å². The van der Waals surface area contributed by atoms with Gasteiger partial charge >= 0.3 is 5.97 Å². The molecule has 6 nitrogen and oxygen atoms in total. The Bertz CT molecular complexity index is 637. The number of methoxy groups -OCH3 is 1. The molecule has 1 aromatic carbocycles. The minimum atomic E-state index is -3.73. The van der Waals surface area contributed by atoms with Crippen molar-refractivity contribution in [3.05, 3.63) is 23.8 Å². The summed E-state index contributed by atoms with van der Waals surface area (Å²) in [5.74, 6) is -0.735. The number of benzene rings is 1. The Labute approximate surface area is 124 Å². The fraction of sp³-hybridized carbons (Fsp3) is 0.500. The number of rotatable bonds is 6. The van der Waals surface area contributed by atoms with Crippen molar-refractivity contribution in [3.63, 3.8) is 0 Å². The first kappa shape index (κ1) is 15.8. The highest BCUT2D eigenvalue weighted by atomic mass is 32.2. The molecule has 1 saturated carbocycles. The monoisotopic (exact) mass is 313 g/mol. The quantitative estimate of drug-likeness (QED) is 0.836. The molecule has 7 heteroatoms. The summed E-state index contributed by atoms with van der Waals surface area (Å²) < 4.78 is 32.2. The summed E-state index contributed by atoms with van der Waals surface area (Å²) in [6, 6.07) is 3.67. The second kappa shape index (κ2) is 6.03. The van der Waals surface area contributed by atoms with Crippen LogP contribution in [-0.4, -0.2) is 32.6 Å². The second-order valence-corrected chi connectivity index (χ2v) is 6.98. The molecule has 0 radical (unpaired) electrons. The van der Waals surface area contributed by atoms with E-state index >= 15 is 0 Å². The predicted molar refractivity (Wildman–Crippen MR) is 77.1 cm³/mol. The average Bonchev–Trinajstić information content (AvgIpc) is 2.34. The molecule has 0 spiro atoms. The van der Waals surface area contributed by atoms with Crippen LogP contribution >= 0.6 is 0 Å². The average molecular weight is 313 g/mol. The molecule has 0 amide bonds. The van der Waals surface area contributed by atoms with Crippen LogP contribution in [-0.2, 0) is 10.0 Å². The molecule has 116 valence electrons. The van der Waals surface area contributed by atoms with Crippen LogP contribution in [0.15, 0.2) is 23.1 Å². The van der Waals surface area contributed by atoms with E-state index in [0.717, 1.165) is 25.3 Å². The third-order valence-corrected chi connectivity index (χ3v) is 5.47. The second-order valence-electron chi connectivity index (χ2n) is 5.27. The summed E-state index contributed by atoms with van der Waals surface area (Å²) >= 11 is 0. The van der Waals surface area contributed by atoms with Gasteiger partial charge in [0, 0.05) is 6.04 Å². The third-order valence-electron chi connectivity index (χ3n) is 3.91. The van der Waals surface area contributed by atoms with Crippen LogP contribution in [0, 0.1) is 5.92 Å². The van der Waals surface area contributed by atoms with Crippen LogP contribution in [0.25, 0.3) is 0 Å². The van der Waals surface area contributed by atoms with Crippen molar-refractivity contribution in [1.29, 1.82) is 0 Å². The number of carboxylic acids is 1. The van der Waals surface area contributed by atoms with E-state index in [-0.39, 0.29) is 22.3 Å². The molecule has 0 saturated heterocycles. The summed E-state index contributed by atoms with van der Waals surface area (Å²) in [5, 5.41) is 9.11. The Morgan fingerprint density at radius 1 is 1.43 bits per heavy atom. The molecule has 0 aromatic heterocycles. The Morgan fingerprint density at radius 2 is 2.10 bits per heavy atom. The van der Waals surface area contributed by atoms with E-state index < -0.39 is 16.0 Å². The van der Waals surface area contributed by atoms with Gasteiger partial charge in [-0.3, -0.25) is 0 Å². The fourth-order valence-corrected chi connectivity index (χ4v) is 3.71. The topological polar surface area (TPSA) is 92.7 Å². The number of hydrogen-bond acceptors (Lipinski definition) is 4. The first-order valence-electron chi connectivity index (χ1n) is 6.79. The Hall–Kier alpha value is -1.60. The smallest absolute Gasteiger partial charge is 0.339 e. The van der Waals surface area contributed by atoms with E-state index in [9.17, 15) is 13.2 Å². The summed E-state index contributed by atoms with van der Waals surface area (Å²) in [6.45, 7) is 1.84. The third kappa shape index (κ3) is 3.36. The van der Waals surface area contributed by atoms with Crippen LogP contribution in [0.5, 0.6) is 5.75 Å². The molecule has 1 aliphatic rings. The number of aromatic carboxylic acids is 1. The first-order valence-corrected chi connectivity index (χ1v) is 8.27. The molecule has 0 heterocycles. The highest BCUT2D eigenvalue weighted by molar-refractivity contribution is 7.89. The number of sulfonamides is 1. The van der Waals surface area contributed by atoms with Gasteiger partial charge < -0.3 is 9.84 Å². The maximum absolute atomic E-state index is 12.3. The minimum absolute atomic E-state index is 0.0631. The van der Waals surface area contributed by atoms with Gasteiger partial charge in [0.15, 0.2) is 0 Å². The lowest BCUT2D eigenvalue weighted by Crippen LogP contribution is -2.40.